The summed E-state index contributed by atoms with van der Waals surface area (Å²) >= 11 is 0. The van der Waals surface area contributed by atoms with Gasteiger partial charge in [-0.15, -0.1) is 0 Å². The summed E-state index contributed by atoms with van der Waals surface area (Å²) in [6.45, 7) is -0.425. The van der Waals surface area contributed by atoms with Gasteiger partial charge in [0.25, 0.3) is 5.69 Å². The minimum Gasteiger partial charge on any atom is -0.476 e. The SMILES string of the molecule is O=[N+]([O-])c1ccc(CCOc2nc(F)nc3c2ncn3C2OC(CO)C(O)C2O)cc1. The molecule has 13 heteroatoms. The zero-order chi connectivity index (χ0) is 22.1. The lowest BCUT2D eigenvalue weighted by Crippen LogP contribution is -2.33. The standard InChI is InChI=1S/C18H18FN5O7/c19-18-21-15-12(20-8-23(15)17-14(27)13(26)11(7-25)31-17)16(22-18)30-6-5-9-1-3-10(4-2-9)24(28)29/h1-4,8,11,13-14,17,25-27H,5-7H2. The molecular weight excluding hydrogens is 417 g/mol. The van der Waals surface area contributed by atoms with Crippen LogP contribution in [0.1, 0.15) is 11.8 Å². The second-order valence-electron chi connectivity index (χ2n) is 6.87. The van der Waals surface area contributed by atoms with E-state index in [-0.39, 0.29) is 29.3 Å². The zero-order valence-corrected chi connectivity index (χ0v) is 15.9. The van der Waals surface area contributed by atoms with Gasteiger partial charge in [-0.2, -0.15) is 14.4 Å². The monoisotopic (exact) mass is 435 g/mol. The molecule has 4 atom stereocenters. The molecule has 2 aromatic heterocycles. The first kappa shape index (κ1) is 21.0. The largest absolute Gasteiger partial charge is 0.476 e. The van der Waals surface area contributed by atoms with Gasteiger partial charge in [-0.05, 0) is 5.56 Å². The average molecular weight is 435 g/mol. The maximum Gasteiger partial charge on any atom is 0.314 e. The Hall–Kier alpha value is -3.26. The van der Waals surface area contributed by atoms with Gasteiger partial charge in [0.15, 0.2) is 17.4 Å². The lowest BCUT2D eigenvalue weighted by atomic mass is 10.1. The van der Waals surface area contributed by atoms with Crippen molar-refractivity contribution < 1.29 is 34.1 Å². The van der Waals surface area contributed by atoms with Crippen molar-refractivity contribution in [3.8, 4) is 5.88 Å². The van der Waals surface area contributed by atoms with Gasteiger partial charge in [-0.1, -0.05) is 12.1 Å². The fourth-order valence-electron chi connectivity index (χ4n) is 3.31. The topological polar surface area (TPSA) is 166 Å². The number of halogens is 1. The first-order valence-electron chi connectivity index (χ1n) is 9.27. The number of rotatable bonds is 7. The summed E-state index contributed by atoms with van der Waals surface area (Å²) in [6.07, 6.45) is -4.36. The number of nitrogens with zero attached hydrogens (tertiary/aromatic N) is 5. The van der Waals surface area contributed by atoms with Gasteiger partial charge in [0.1, 0.15) is 18.3 Å². The molecule has 12 nitrogen and oxygen atoms in total. The molecule has 1 aromatic carbocycles. The predicted octanol–water partition coefficient (Wildman–Crippen LogP) is 0.107. The Morgan fingerprint density at radius 3 is 2.61 bits per heavy atom. The molecule has 3 heterocycles. The van der Waals surface area contributed by atoms with Crippen LogP contribution in [0, 0.1) is 16.2 Å². The summed E-state index contributed by atoms with van der Waals surface area (Å²) in [7, 11) is 0. The molecule has 1 saturated heterocycles. The highest BCUT2D eigenvalue weighted by molar-refractivity contribution is 5.76. The van der Waals surface area contributed by atoms with E-state index in [0.717, 1.165) is 5.56 Å². The van der Waals surface area contributed by atoms with Crippen molar-refractivity contribution in [3.05, 3.63) is 52.3 Å². The molecule has 0 amide bonds. The minimum absolute atomic E-state index is 0.0207. The van der Waals surface area contributed by atoms with E-state index in [9.17, 15) is 29.8 Å². The normalized spacial score (nSPS) is 23.4. The highest BCUT2D eigenvalue weighted by Gasteiger charge is 2.44. The summed E-state index contributed by atoms with van der Waals surface area (Å²) < 4.78 is 26.2. The van der Waals surface area contributed by atoms with Crippen LogP contribution in [-0.2, 0) is 11.2 Å². The molecule has 4 unspecified atom stereocenters. The molecule has 4 rings (SSSR count). The van der Waals surface area contributed by atoms with Crippen LogP contribution in [0.2, 0.25) is 0 Å². The molecule has 3 aromatic rings. The molecule has 1 aliphatic heterocycles. The quantitative estimate of drug-likeness (QED) is 0.263. The van der Waals surface area contributed by atoms with Crippen molar-refractivity contribution in [1.29, 1.82) is 0 Å². The van der Waals surface area contributed by atoms with Crippen LogP contribution in [-0.4, -0.2) is 71.3 Å². The summed E-state index contributed by atoms with van der Waals surface area (Å²) in [5.41, 5.74) is 0.837. The van der Waals surface area contributed by atoms with E-state index in [2.05, 4.69) is 15.0 Å². The predicted molar refractivity (Wildman–Crippen MR) is 101 cm³/mol. The van der Waals surface area contributed by atoms with E-state index in [0.29, 0.717) is 6.42 Å². The molecule has 164 valence electrons. The number of aliphatic hydroxyl groups is 3. The Bertz CT molecular complexity index is 1090. The Morgan fingerprint density at radius 2 is 1.97 bits per heavy atom. The third-order valence-corrected chi connectivity index (χ3v) is 4.93. The first-order valence-corrected chi connectivity index (χ1v) is 9.27. The second kappa shape index (κ2) is 8.47. The first-order chi connectivity index (χ1) is 14.9. The van der Waals surface area contributed by atoms with E-state index < -0.39 is 42.1 Å². The van der Waals surface area contributed by atoms with Crippen LogP contribution in [0.3, 0.4) is 0 Å². The maximum absolute atomic E-state index is 14.0. The van der Waals surface area contributed by atoms with E-state index in [4.69, 9.17) is 9.47 Å². The number of nitro groups is 1. The van der Waals surface area contributed by atoms with E-state index in [1.54, 1.807) is 12.1 Å². The second-order valence-corrected chi connectivity index (χ2v) is 6.87. The number of hydrogen-bond acceptors (Lipinski definition) is 10. The third-order valence-electron chi connectivity index (χ3n) is 4.93. The average Bonchev–Trinajstić information content (AvgIpc) is 3.29. The molecule has 0 radical (unpaired) electrons. The van der Waals surface area contributed by atoms with Crippen LogP contribution in [0.25, 0.3) is 11.2 Å². The van der Waals surface area contributed by atoms with Gasteiger partial charge in [-0.3, -0.25) is 14.7 Å². The number of ether oxygens (including phenoxy) is 2. The van der Waals surface area contributed by atoms with Gasteiger partial charge >= 0.3 is 6.08 Å². The van der Waals surface area contributed by atoms with Gasteiger partial charge in [0, 0.05) is 18.6 Å². The highest BCUT2D eigenvalue weighted by Crippen LogP contribution is 2.32. The fraction of sp³-hybridized carbons (Fsp3) is 0.389. The van der Waals surface area contributed by atoms with Crippen LogP contribution in [0.4, 0.5) is 10.1 Å². The van der Waals surface area contributed by atoms with Gasteiger partial charge in [0.05, 0.1) is 24.5 Å². The number of aliphatic hydroxyl groups excluding tert-OH is 3. The zero-order valence-electron chi connectivity index (χ0n) is 15.9. The highest BCUT2D eigenvalue weighted by atomic mass is 19.1. The van der Waals surface area contributed by atoms with E-state index >= 15 is 0 Å². The molecule has 0 bridgehead atoms. The van der Waals surface area contributed by atoms with Crippen LogP contribution in [0.15, 0.2) is 30.6 Å². The summed E-state index contributed by atoms with van der Waals surface area (Å²) in [6, 6.07) is 5.93. The molecule has 0 aliphatic carbocycles. The number of aromatic nitrogens is 4. The third kappa shape index (κ3) is 4.03. The minimum atomic E-state index is -1.39. The van der Waals surface area contributed by atoms with Crippen molar-refractivity contribution in [1.82, 2.24) is 19.5 Å². The van der Waals surface area contributed by atoms with Gasteiger partial charge < -0.3 is 24.8 Å². The van der Waals surface area contributed by atoms with Crippen LogP contribution >= 0.6 is 0 Å². The molecule has 31 heavy (non-hydrogen) atoms. The molecular formula is C18H18FN5O7. The Kier molecular flexibility index (Phi) is 5.73. The maximum atomic E-state index is 14.0. The van der Waals surface area contributed by atoms with Crippen LogP contribution in [0.5, 0.6) is 5.88 Å². The Morgan fingerprint density at radius 1 is 1.23 bits per heavy atom. The van der Waals surface area contributed by atoms with Crippen molar-refractivity contribution in [2.24, 2.45) is 0 Å². The summed E-state index contributed by atoms with van der Waals surface area (Å²) in [5.74, 6) is -0.130. The van der Waals surface area contributed by atoms with Crippen molar-refractivity contribution in [2.75, 3.05) is 13.2 Å². The smallest absolute Gasteiger partial charge is 0.314 e. The van der Waals surface area contributed by atoms with Gasteiger partial charge in [-0.25, -0.2) is 4.98 Å². The lowest BCUT2D eigenvalue weighted by Gasteiger charge is -2.16. The molecule has 1 aliphatic rings. The molecule has 0 spiro atoms. The number of fused-ring (bicyclic) bond motifs is 1. The number of benzene rings is 1. The summed E-state index contributed by atoms with van der Waals surface area (Å²) in [4.78, 5) is 21.6. The number of nitro benzene ring substituents is 1. The number of imidazole rings is 1. The number of hydrogen-bond donors (Lipinski definition) is 3. The van der Waals surface area contributed by atoms with Crippen LogP contribution < -0.4 is 4.74 Å². The molecule has 1 fully saturated rings. The van der Waals surface area contributed by atoms with Crippen molar-refractivity contribution >= 4 is 16.9 Å². The molecule has 3 N–H and O–H groups in total. The van der Waals surface area contributed by atoms with Crippen molar-refractivity contribution in [2.45, 2.75) is 31.0 Å². The van der Waals surface area contributed by atoms with E-state index in [1.807, 2.05) is 0 Å². The van der Waals surface area contributed by atoms with Crippen molar-refractivity contribution in [3.63, 3.8) is 0 Å². The van der Waals surface area contributed by atoms with Gasteiger partial charge in [0.2, 0.25) is 5.88 Å². The van der Waals surface area contributed by atoms with E-state index in [1.165, 1.54) is 23.0 Å². The number of non-ortho nitro benzene ring substituents is 1. The fourth-order valence-corrected chi connectivity index (χ4v) is 3.31. The Labute approximate surface area is 173 Å². The Balaban J connectivity index is 1.52. The molecule has 0 saturated carbocycles. The summed E-state index contributed by atoms with van der Waals surface area (Å²) in [5, 5.41) is 40.1. The lowest BCUT2D eigenvalue weighted by molar-refractivity contribution is -0.384.